The number of carbonyl (C=O) groups excluding carboxylic acids is 1. The Morgan fingerprint density at radius 1 is 1.40 bits per heavy atom. The monoisotopic (exact) mass is 278 g/mol. The van der Waals surface area contributed by atoms with Gasteiger partial charge in [0.25, 0.3) is 5.91 Å². The van der Waals surface area contributed by atoms with Gasteiger partial charge in [0, 0.05) is 12.1 Å². The summed E-state index contributed by atoms with van der Waals surface area (Å²) in [5.74, 6) is 0.0739. The minimum atomic E-state index is -0.380. The van der Waals surface area contributed by atoms with E-state index in [0.29, 0.717) is 18.0 Å². The molecule has 1 amide bonds. The topological polar surface area (TPSA) is 55.1 Å². The van der Waals surface area contributed by atoms with Crippen LogP contribution in [0.4, 0.5) is 4.39 Å². The Morgan fingerprint density at radius 3 is 2.60 bits per heavy atom. The molecule has 1 saturated carbocycles. The van der Waals surface area contributed by atoms with E-state index in [9.17, 15) is 9.18 Å². The van der Waals surface area contributed by atoms with Gasteiger partial charge in [-0.15, -0.1) is 0 Å². The van der Waals surface area contributed by atoms with Crippen LogP contribution in [0.3, 0.4) is 0 Å². The first-order valence-electron chi connectivity index (χ1n) is 7.24. The predicted molar refractivity (Wildman–Crippen MR) is 78.0 cm³/mol. The number of aryl methyl sites for hydroxylation is 1. The van der Waals surface area contributed by atoms with E-state index in [4.69, 9.17) is 5.73 Å². The second-order valence-corrected chi connectivity index (χ2v) is 6.14. The molecule has 0 heterocycles. The highest BCUT2D eigenvalue weighted by molar-refractivity contribution is 5.94. The summed E-state index contributed by atoms with van der Waals surface area (Å²) < 4.78 is 13.4. The molecule has 4 heteroatoms. The Labute approximate surface area is 119 Å². The van der Waals surface area contributed by atoms with Gasteiger partial charge in [0.2, 0.25) is 0 Å². The van der Waals surface area contributed by atoms with Gasteiger partial charge < -0.3 is 11.1 Å². The molecule has 1 aliphatic carbocycles. The highest BCUT2D eigenvalue weighted by Crippen LogP contribution is 2.31. The van der Waals surface area contributed by atoms with E-state index in [2.05, 4.69) is 12.2 Å². The molecule has 0 aliphatic heterocycles. The first kappa shape index (κ1) is 15.0. The summed E-state index contributed by atoms with van der Waals surface area (Å²) in [6.07, 6.45) is 3.93. The molecular formula is C16H23FN2O. The zero-order chi connectivity index (χ0) is 14.8. The molecule has 1 aromatic rings. The van der Waals surface area contributed by atoms with E-state index in [-0.39, 0.29) is 17.3 Å². The smallest absolute Gasteiger partial charge is 0.251 e. The lowest BCUT2D eigenvalue weighted by atomic mass is 9.77. The summed E-state index contributed by atoms with van der Waals surface area (Å²) in [7, 11) is 0. The normalized spacial score (nSPS) is 26.3. The molecule has 110 valence electrons. The maximum atomic E-state index is 13.4. The van der Waals surface area contributed by atoms with Gasteiger partial charge in [0.15, 0.2) is 0 Å². The van der Waals surface area contributed by atoms with Crippen LogP contribution in [0, 0.1) is 18.7 Å². The molecule has 0 bridgehead atoms. The lowest BCUT2D eigenvalue weighted by molar-refractivity contribution is 0.0859. The van der Waals surface area contributed by atoms with Gasteiger partial charge in [-0.05, 0) is 62.3 Å². The molecule has 3 N–H and O–H groups in total. The Kier molecular flexibility index (Phi) is 4.43. The standard InChI is InChI=1S/C16H23FN2O/c1-11-3-5-16(10-18,6-4-11)19-15(20)13-7-12(2)8-14(17)9-13/h7-9,11H,3-6,10,18H2,1-2H3,(H,19,20). The minimum Gasteiger partial charge on any atom is -0.345 e. The fraction of sp³-hybridized carbons (Fsp3) is 0.562. The van der Waals surface area contributed by atoms with Crippen molar-refractivity contribution in [3.63, 3.8) is 0 Å². The molecule has 2 rings (SSSR count). The summed E-state index contributed by atoms with van der Waals surface area (Å²) in [5.41, 5.74) is 6.67. The van der Waals surface area contributed by atoms with Crippen LogP contribution in [0.2, 0.25) is 0 Å². The number of halogens is 1. The number of benzene rings is 1. The van der Waals surface area contributed by atoms with E-state index >= 15 is 0 Å². The average Bonchev–Trinajstić information content (AvgIpc) is 2.40. The van der Waals surface area contributed by atoms with Crippen LogP contribution < -0.4 is 11.1 Å². The zero-order valence-corrected chi connectivity index (χ0v) is 12.2. The summed E-state index contributed by atoms with van der Waals surface area (Å²) in [5, 5.41) is 3.04. The number of hydrogen-bond acceptors (Lipinski definition) is 2. The number of carbonyl (C=O) groups is 1. The quantitative estimate of drug-likeness (QED) is 0.893. The molecular weight excluding hydrogens is 255 g/mol. The van der Waals surface area contributed by atoms with E-state index in [1.165, 1.54) is 12.1 Å². The first-order valence-corrected chi connectivity index (χ1v) is 7.24. The Balaban J connectivity index is 2.13. The third-order valence-electron chi connectivity index (χ3n) is 4.31. The number of hydrogen-bond donors (Lipinski definition) is 2. The summed E-state index contributed by atoms with van der Waals surface area (Å²) in [6.45, 7) is 4.43. The van der Waals surface area contributed by atoms with Gasteiger partial charge in [-0.25, -0.2) is 4.39 Å². The van der Waals surface area contributed by atoms with Crippen LogP contribution in [-0.2, 0) is 0 Å². The zero-order valence-electron chi connectivity index (χ0n) is 12.2. The molecule has 0 radical (unpaired) electrons. The number of amides is 1. The Bertz CT molecular complexity index is 473. The van der Waals surface area contributed by atoms with Crippen molar-refractivity contribution in [1.82, 2.24) is 5.32 Å². The molecule has 0 saturated heterocycles. The molecule has 0 unspecified atom stereocenters. The second-order valence-electron chi connectivity index (χ2n) is 6.14. The van der Waals surface area contributed by atoms with Gasteiger partial charge in [-0.3, -0.25) is 4.79 Å². The van der Waals surface area contributed by atoms with Crippen LogP contribution in [0.25, 0.3) is 0 Å². The van der Waals surface area contributed by atoms with Crippen LogP contribution in [0.5, 0.6) is 0 Å². The maximum Gasteiger partial charge on any atom is 0.251 e. The highest BCUT2D eigenvalue weighted by atomic mass is 19.1. The van der Waals surface area contributed by atoms with Crippen molar-refractivity contribution in [2.45, 2.75) is 45.1 Å². The summed E-state index contributed by atoms with van der Waals surface area (Å²) in [6, 6.07) is 4.39. The largest absolute Gasteiger partial charge is 0.345 e. The highest BCUT2D eigenvalue weighted by Gasteiger charge is 2.34. The van der Waals surface area contributed by atoms with Crippen molar-refractivity contribution >= 4 is 5.91 Å². The van der Waals surface area contributed by atoms with E-state index in [1.54, 1.807) is 13.0 Å². The van der Waals surface area contributed by atoms with Crippen molar-refractivity contribution in [2.75, 3.05) is 6.54 Å². The predicted octanol–water partition coefficient (Wildman–Crippen LogP) is 2.77. The fourth-order valence-electron chi connectivity index (χ4n) is 2.88. The van der Waals surface area contributed by atoms with Crippen LogP contribution in [0.1, 0.15) is 48.5 Å². The van der Waals surface area contributed by atoms with Crippen molar-refractivity contribution in [2.24, 2.45) is 11.7 Å². The number of nitrogens with two attached hydrogens (primary N) is 1. The average molecular weight is 278 g/mol. The van der Waals surface area contributed by atoms with Gasteiger partial charge >= 0.3 is 0 Å². The lowest BCUT2D eigenvalue weighted by Gasteiger charge is -2.39. The number of nitrogens with one attached hydrogen (secondary N) is 1. The molecule has 3 nitrogen and oxygen atoms in total. The van der Waals surface area contributed by atoms with E-state index in [1.807, 2.05) is 0 Å². The summed E-state index contributed by atoms with van der Waals surface area (Å²) >= 11 is 0. The second kappa shape index (κ2) is 5.92. The minimum absolute atomic E-state index is 0.229. The molecule has 1 fully saturated rings. The number of rotatable bonds is 3. The molecule has 0 spiro atoms. The van der Waals surface area contributed by atoms with E-state index in [0.717, 1.165) is 31.2 Å². The fourth-order valence-corrected chi connectivity index (χ4v) is 2.88. The van der Waals surface area contributed by atoms with Crippen LogP contribution in [0.15, 0.2) is 18.2 Å². The first-order chi connectivity index (χ1) is 9.44. The molecule has 1 aromatic carbocycles. The SMILES string of the molecule is Cc1cc(F)cc(C(=O)NC2(CN)CCC(C)CC2)c1. The van der Waals surface area contributed by atoms with E-state index < -0.39 is 0 Å². The third kappa shape index (κ3) is 3.37. The van der Waals surface area contributed by atoms with Crippen molar-refractivity contribution < 1.29 is 9.18 Å². The summed E-state index contributed by atoms with van der Waals surface area (Å²) in [4.78, 5) is 12.3. The van der Waals surface area contributed by atoms with Crippen molar-refractivity contribution in [3.8, 4) is 0 Å². The van der Waals surface area contributed by atoms with Crippen LogP contribution in [-0.4, -0.2) is 18.0 Å². The van der Waals surface area contributed by atoms with Gasteiger partial charge in [-0.2, -0.15) is 0 Å². The van der Waals surface area contributed by atoms with Gasteiger partial charge in [-0.1, -0.05) is 6.92 Å². The third-order valence-corrected chi connectivity index (χ3v) is 4.31. The van der Waals surface area contributed by atoms with Gasteiger partial charge in [0.1, 0.15) is 5.82 Å². The van der Waals surface area contributed by atoms with Crippen molar-refractivity contribution in [3.05, 3.63) is 35.1 Å². The maximum absolute atomic E-state index is 13.4. The Hall–Kier alpha value is -1.42. The van der Waals surface area contributed by atoms with Crippen LogP contribution >= 0.6 is 0 Å². The Morgan fingerprint density at radius 2 is 2.05 bits per heavy atom. The van der Waals surface area contributed by atoms with Crippen molar-refractivity contribution in [1.29, 1.82) is 0 Å². The lowest BCUT2D eigenvalue weighted by Crippen LogP contribution is -2.55. The molecule has 20 heavy (non-hydrogen) atoms. The molecule has 0 aromatic heterocycles. The molecule has 0 atom stereocenters. The van der Waals surface area contributed by atoms with Gasteiger partial charge in [0.05, 0.1) is 5.54 Å². The molecule has 1 aliphatic rings.